The molecule has 120 valence electrons. The van der Waals surface area contributed by atoms with Gasteiger partial charge in [-0.2, -0.15) is 5.26 Å². The highest BCUT2D eigenvalue weighted by molar-refractivity contribution is 5.52. The Balaban J connectivity index is 2.46. The molecule has 0 aliphatic carbocycles. The van der Waals surface area contributed by atoms with Gasteiger partial charge in [-0.15, -0.1) is 0 Å². The van der Waals surface area contributed by atoms with Crippen molar-refractivity contribution in [3.8, 4) is 23.3 Å². The minimum Gasteiger partial charge on any atom is -0.496 e. The van der Waals surface area contributed by atoms with Crippen molar-refractivity contribution >= 4 is 0 Å². The molecule has 0 saturated carbocycles. The van der Waals surface area contributed by atoms with Crippen LogP contribution in [-0.4, -0.2) is 52.4 Å². The molecular formula is C16H23N3O3. The van der Waals surface area contributed by atoms with Gasteiger partial charge in [-0.25, -0.2) is 0 Å². The van der Waals surface area contributed by atoms with E-state index in [2.05, 4.69) is 16.3 Å². The molecule has 6 heteroatoms. The quantitative estimate of drug-likeness (QED) is 0.860. The molecular weight excluding hydrogens is 282 g/mol. The molecule has 1 N–H and O–H groups in total. The molecule has 1 aliphatic rings. The number of nitrogens with zero attached hydrogens (tertiary/aromatic N) is 2. The monoisotopic (exact) mass is 305 g/mol. The minimum absolute atomic E-state index is 0.0529. The lowest BCUT2D eigenvalue weighted by atomic mass is 9.99. The topological polar surface area (TPSA) is 66.8 Å². The maximum Gasteiger partial charge on any atom is 0.131 e. The highest BCUT2D eigenvalue weighted by Crippen LogP contribution is 2.41. The summed E-state index contributed by atoms with van der Waals surface area (Å²) < 4.78 is 16.4. The Morgan fingerprint density at radius 3 is 2.18 bits per heavy atom. The Morgan fingerprint density at radius 1 is 1.14 bits per heavy atom. The van der Waals surface area contributed by atoms with Crippen LogP contribution in [0.15, 0.2) is 12.1 Å². The fraction of sp³-hybridized carbons (Fsp3) is 0.562. The van der Waals surface area contributed by atoms with Gasteiger partial charge in [0.05, 0.1) is 45.4 Å². The van der Waals surface area contributed by atoms with Gasteiger partial charge in [-0.3, -0.25) is 4.90 Å². The summed E-state index contributed by atoms with van der Waals surface area (Å²) in [5.41, 5.74) is 0.911. The Bertz CT molecular complexity index is 511. The van der Waals surface area contributed by atoms with Crippen molar-refractivity contribution in [1.82, 2.24) is 10.2 Å². The van der Waals surface area contributed by atoms with Crippen LogP contribution in [0.2, 0.25) is 0 Å². The third-order valence-corrected chi connectivity index (χ3v) is 3.96. The maximum absolute atomic E-state index is 9.26. The zero-order chi connectivity index (χ0) is 15.9. The highest BCUT2D eigenvalue weighted by Gasteiger charge is 2.28. The number of ether oxygens (including phenoxy) is 3. The lowest BCUT2D eigenvalue weighted by Gasteiger charge is -2.35. The summed E-state index contributed by atoms with van der Waals surface area (Å²) in [6.45, 7) is 3.63. The third-order valence-electron chi connectivity index (χ3n) is 3.96. The van der Waals surface area contributed by atoms with Crippen LogP contribution in [0, 0.1) is 11.3 Å². The van der Waals surface area contributed by atoms with E-state index in [-0.39, 0.29) is 6.04 Å². The van der Waals surface area contributed by atoms with Gasteiger partial charge in [0.1, 0.15) is 17.2 Å². The molecule has 1 fully saturated rings. The molecule has 1 heterocycles. The van der Waals surface area contributed by atoms with Crippen molar-refractivity contribution < 1.29 is 14.2 Å². The van der Waals surface area contributed by atoms with Crippen LogP contribution >= 0.6 is 0 Å². The van der Waals surface area contributed by atoms with E-state index in [1.807, 2.05) is 12.1 Å². The number of rotatable bonds is 6. The first-order chi connectivity index (χ1) is 10.7. The summed E-state index contributed by atoms with van der Waals surface area (Å²) in [7, 11) is 4.86. The van der Waals surface area contributed by atoms with Crippen molar-refractivity contribution in [2.75, 3.05) is 47.5 Å². The number of hydrogen-bond donors (Lipinski definition) is 1. The summed E-state index contributed by atoms with van der Waals surface area (Å²) in [6, 6.07) is 5.91. The van der Waals surface area contributed by atoms with E-state index < -0.39 is 0 Å². The predicted octanol–water partition coefficient (Wildman–Crippen LogP) is 1.57. The van der Waals surface area contributed by atoms with Gasteiger partial charge in [0, 0.05) is 38.3 Å². The summed E-state index contributed by atoms with van der Waals surface area (Å²) in [4.78, 5) is 2.30. The van der Waals surface area contributed by atoms with Crippen LogP contribution < -0.4 is 19.5 Å². The van der Waals surface area contributed by atoms with E-state index in [0.717, 1.165) is 31.7 Å². The van der Waals surface area contributed by atoms with Crippen LogP contribution in [0.5, 0.6) is 17.2 Å². The first kappa shape index (κ1) is 16.4. The van der Waals surface area contributed by atoms with Crippen molar-refractivity contribution in [2.45, 2.75) is 12.5 Å². The summed E-state index contributed by atoms with van der Waals surface area (Å²) >= 11 is 0. The molecule has 0 aromatic heterocycles. The van der Waals surface area contributed by atoms with Gasteiger partial charge in [0.25, 0.3) is 0 Å². The van der Waals surface area contributed by atoms with E-state index >= 15 is 0 Å². The predicted molar refractivity (Wildman–Crippen MR) is 83.5 cm³/mol. The van der Waals surface area contributed by atoms with Crippen LogP contribution in [0.4, 0.5) is 0 Å². The molecule has 1 aliphatic heterocycles. The molecule has 1 saturated heterocycles. The molecule has 1 aromatic carbocycles. The number of benzene rings is 1. The molecule has 0 bridgehead atoms. The molecule has 22 heavy (non-hydrogen) atoms. The second kappa shape index (κ2) is 7.87. The van der Waals surface area contributed by atoms with Crippen molar-refractivity contribution in [3.63, 3.8) is 0 Å². The average Bonchev–Trinajstić information content (AvgIpc) is 2.59. The molecule has 0 spiro atoms. The first-order valence-electron chi connectivity index (χ1n) is 7.36. The van der Waals surface area contributed by atoms with Crippen molar-refractivity contribution in [2.24, 2.45) is 0 Å². The summed E-state index contributed by atoms with van der Waals surface area (Å²) in [5.74, 6) is 2.05. The van der Waals surface area contributed by atoms with Gasteiger partial charge in [-0.05, 0) is 0 Å². The molecule has 1 aromatic rings. The second-order valence-corrected chi connectivity index (χ2v) is 5.11. The largest absolute Gasteiger partial charge is 0.496 e. The van der Waals surface area contributed by atoms with Crippen LogP contribution in [0.25, 0.3) is 0 Å². The fourth-order valence-corrected chi connectivity index (χ4v) is 2.86. The van der Waals surface area contributed by atoms with Crippen LogP contribution in [0.1, 0.15) is 18.0 Å². The zero-order valence-corrected chi connectivity index (χ0v) is 13.4. The number of methoxy groups -OCH3 is 3. The third kappa shape index (κ3) is 3.43. The standard InChI is InChI=1S/C16H23N3O3/c1-20-12-10-14(21-2)16(15(11-12)22-3)13(4-5-17)19-8-6-18-7-9-19/h10-11,13,18H,4,6-9H2,1-3H3/t13-/m1/s1. The van der Waals surface area contributed by atoms with E-state index in [1.165, 1.54) is 0 Å². The number of hydrogen-bond acceptors (Lipinski definition) is 6. The van der Waals surface area contributed by atoms with Gasteiger partial charge in [-0.1, -0.05) is 0 Å². The summed E-state index contributed by atoms with van der Waals surface area (Å²) in [6.07, 6.45) is 0.388. The second-order valence-electron chi connectivity index (χ2n) is 5.11. The van der Waals surface area contributed by atoms with E-state index in [1.54, 1.807) is 21.3 Å². The average molecular weight is 305 g/mol. The van der Waals surface area contributed by atoms with Crippen molar-refractivity contribution in [1.29, 1.82) is 5.26 Å². The normalized spacial score (nSPS) is 16.6. The van der Waals surface area contributed by atoms with Crippen molar-refractivity contribution in [3.05, 3.63) is 17.7 Å². The molecule has 0 unspecified atom stereocenters. The SMILES string of the molecule is COc1cc(OC)c([C@@H](CC#N)N2CCNCC2)c(OC)c1. The molecule has 0 radical (unpaired) electrons. The Labute approximate surface area is 131 Å². The number of nitrogens with one attached hydrogen (secondary N) is 1. The summed E-state index contributed by atoms with van der Waals surface area (Å²) in [5, 5.41) is 12.6. The van der Waals surface area contributed by atoms with Gasteiger partial charge in [0.2, 0.25) is 0 Å². The van der Waals surface area contributed by atoms with Gasteiger partial charge >= 0.3 is 0 Å². The van der Waals surface area contributed by atoms with Gasteiger partial charge in [0.15, 0.2) is 0 Å². The first-order valence-corrected chi connectivity index (χ1v) is 7.36. The Kier molecular flexibility index (Phi) is 5.87. The fourth-order valence-electron chi connectivity index (χ4n) is 2.86. The lowest BCUT2D eigenvalue weighted by Crippen LogP contribution is -2.45. The smallest absolute Gasteiger partial charge is 0.131 e. The van der Waals surface area contributed by atoms with Gasteiger partial charge < -0.3 is 19.5 Å². The lowest BCUT2D eigenvalue weighted by molar-refractivity contribution is 0.169. The highest BCUT2D eigenvalue weighted by atomic mass is 16.5. The van der Waals surface area contributed by atoms with E-state index in [9.17, 15) is 5.26 Å². The molecule has 1 atom stereocenters. The molecule has 6 nitrogen and oxygen atoms in total. The van der Waals surface area contributed by atoms with E-state index in [4.69, 9.17) is 14.2 Å². The maximum atomic E-state index is 9.26. The Hall–Kier alpha value is -1.97. The number of nitriles is 1. The Morgan fingerprint density at radius 2 is 1.73 bits per heavy atom. The molecule has 2 rings (SSSR count). The van der Waals surface area contributed by atoms with Crippen LogP contribution in [-0.2, 0) is 0 Å². The zero-order valence-electron chi connectivity index (χ0n) is 13.4. The molecule has 0 amide bonds. The van der Waals surface area contributed by atoms with Crippen LogP contribution in [0.3, 0.4) is 0 Å². The van der Waals surface area contributed by atoms with E-state index in [0.29, 0.717) is 23.7 Å². The number of piperazine rings is 1. The minimum atomic E-state index is -0.0529.